The summed E-state index contributed by atoms with van der Waals surface area (Å²) in [6.45, 7) is 10.9. The van der Waals surface area contributed by atoms with Gasteiger partial charge in [0.2, 0.25) is 0 Å². The summed E-state index contributed by atoms with van der Waals surface area (Å²) in [4.78, 5) is 0. The number of hydrogen-bond donors (Lipinski definition) is 0. The van der Waals surface area contributed by atoms with Crippen LogP contribution in [0.4, 0.5) is 0 Å². The molecule has 1 fully saturated rings. The minimum absolute atomic E-state index is 0. The molecule has 0 radical (unpaired) electrons. The number of rotatable bonds is 0. The molecule has 0 saturated carbocycles. The van der Waals surface area contributed by atoms with Crippen LogP contribution in [0, 0.1) is 50.0 Å². The number of nitrogens with zero attached hydrogens (tertiary/aromatic N) is 1. The molecule has 114 valence electrons. The number of hydrogen-bond acceptors (Lipinski definition) is 0. The topological polar surface area (TPSA) is 14.1 Å². The summed E-state index contributed by atoms with van der Waals surface area (Å²) in [5.41, 5.74) is 5.75. The summed E-state index contributed by atoms with van der Waals surface area (Å²) in [6, 6.07) is 2.24. The number of piperidine rings is 1. The standard InChI is InChI=1S/C9H13.C5H10N.3CH3.Hf/c1-6-5-7(2)9(4)8(6)3;1-2-4-6-5-3-1;;;;/h5H,1-4H3;1-5H2;3*1H3;/q5*-1;. The molecule has 1 aliphatic heterocycles. The van der Waals surface area contributed by atoms with Crippen LogP contribution in [0.3, 0.4) is 0 Å². The van der Waals surface area contributed by atoms with Crippen LogP contribution in [0.25, 0.3) is 5.32 Å². The minimum Gasteiger partial charge on any atom is -0.662 e. The monoisotopic (exact) mass is 430 g/mol. The third kappa shape index (κ3) is 9.67. The van der Waals surface area contributed by atoms with E-state index in [-0.39, 0.29) is 48.1 Å². The molecule has 1 nitrogen and oxygen atoms in total. The predicted octanol–water partition coefficient (Wildman–Crippen LogP) is 5.53. The zero-order valence-corrected chi connectivity index (χ0v) is 17.7. The molecule has 0 atom stereocenters. The van der Waals surface area contributed by atoms with Crippen molar-refractivity contribution in [3.8, 4) is 0 Å². The van der Waals surface area contributed by atoms with Gasteiger partial charge >= 0.3 is 0 Å². The van der Waals surface area contributed by atoms with E-state index in [0.717, 1.165) is 13.1 Å². The van der Waals surface area contributed by atoms with Gasteiger partial charge in [0.15, 0.2) is 0 Å². The first-order chi connectivity index (χ1) is 7.13. The zero-order chi connectivity index (χ0) is 11.3. The second kappa shape index (κ2) is 14.6. The maximum atomic E-state index is 4.18. The normalized spacial score (nSPS) is 12.4. The van der Waals surface area contributed by atoms with Crippen molar-refractivity contribution >= 4 is 0 Å². The molecule has 19 heavy (non-hydrogen) atoms. The Hall–Kier alpha value is 0.180. The van der Waals surface area contributed by atoms with Gasteiger partial charge in [0.05, 0.1) is 0 Å². The van der Waals surface area contributed by atoms with E-state index in [1.54, 1.807) is 0 Å². The third-order valence-corrected chi connectivity index (χ3v) is 3.31. The van der Waals surface area contributed by atoms with Crippen LogP contribution >= 0.6 is 0 Å². The van der Waals surface area contributed by atoms with Crippen molar-refractivity contribution in [1.82, 2.24) is 0 Å². The van der Waals surface area contributed by atoms with Gasteiger partial charge in [0.1, 0.15) is 0 Å². The van der Waals surface area contributed by atoms with E-state index in [9.17, 15) is 0 Å². The second-order valence-corrected chi connectivity index (χ2v) is 4.49. The molecule has 2 rings (SSSR count). The predicted molar refractivity (Wildman–Crippen MR) is 87.2 cm³/mol. The van der Waals surface area contributed by atoms with E-state index in [0.29, 0.717) is 0 Å². The van der Waals surface area contributed by atoms with E-state index in [1.807, 2.05) is 0 Å². The van der Waals surface area contributed by atoms with Crippen molar-refractivity contribution in [2.75, 3.05) is 13.1 Å². The fourth-order valence-electron chi connectivity index (χ4n) is 1.87. The molecule has 0 aromatic heterocycles. The van der Waals surface area contributed by atoms with E-state index in [1.165, 1.54) is 41.5 Å². The van der Waals surface area contributed by atoms with Gasteiger partial charge in [-0.1, -0.05) is 47.0 Å². The van der Waals surface area contributed by atoms with E-state index >= 15 is 0 Å². The van der Waals surface area contributed by atoms with Crippen molar-refractivity contribution in [2.24, 2.45) is 0 Å². The maximum absolute atomic E-state index is 4.18. The summed E-state index contributed by atoms with van der Waals surface area (Å²) >= 11 is 0. The molecule has 1 aromatic rings. The van der Waals surface area contributed by atoms with Crippen molar-refractivity contribution in [3.05, 3.63) is 55.9 Å². The average Bonchev–Trinajstić information content (AvgIpc) is 2.49. The molecule has 0 bridgehead atoms. The summed E-state index contributed by atoms with van der Waals surface area (Å²) in [5.74, 6) is 0. The van der Waals surface area contributed by atoms with Gasteiger partial charge in [-0.05, 0) is 0 Å². The fraction of sp³-hybridized carbons (Fsp3) is 0.529. The molecule has 1 aromatic carbocycles. The van der Waals surface area contributed by atoms with Crippen LogP contribution in [-0.2, 0) is 25.8 Å². The SMILES string of the molecule is C1CC[N-]CC1.Cc1c[c-](C)c(C)c1C.[CH3-].[CH3-].[CH3-].[Hf]. The number of aryl methyl sites for hydroxylation is 2. The van der Waals surface area contributed by atoms with Gasteiger partial charge < -0.3 is 27.6 Å². The summed E-state index contributed by atoms with van der Waals surface area (Å²) in [6.07, 6.45) is 4.07. The largest absolute Gasteiger partial charge is 0.662 e. The molecule has 0 unspecified atom stereocenters. The molecule has 1 aliphatic rings. The molecule has 0 N–H and O–H groups in total. The zero-order valence-electron chi connectivity index (χ0n) is 14.1. The second-order valence-electron chi connectivity index (χ2n) is 4.49. The quantitative estimate of drug-likeness (QED) is 0.381. The Bertz CT molecular complexity index is 264. The van der Waals surface area contributed by atoms with E-state index in [2.05, 4.69) is 39.1 Å². The van der Waals surface area contributed by atoms with Crippen LogP contribution in [0.5, 0.6) is 0 Å². The van der Waals surface area contributed by atoms with Crippen molar-refractivity contribution in [1.29, 1.82) is 0 Å². The van der Waals surface area contributed by atoms with Gasteiger partial charge in [0.25, 0.3) is 0 Å². The molecule has 2 heteroatoms. The Morgan fingerprint density at radius 2 is 1.42 bits per heavy atom. The molecular weight excluding hydrogens is 397 g/mol. The van der Waals surface area contributed by atoms with E-state index in [4.69, 9.17) is 0 Å². The van der Waals surface area contributed by atoms with Gasteiger partial charge in [-0.25, -0.2) is 0 Å². The van der Waals surface area contributed by atoms with Crippen LogP contribution in [0.15, 0.2) is 6.07 Å². The maximum Gasteiger partial charge on any atom is 0 e. The Morgan fingerprint density at radius 1 is 0.947 bits per heavy atom. The Morgan fingerprint density at radius 3 is 1.53 bits per heavy atom. The smallest absolute Gasteiger partial charge is 0 e. The third-order valence-electron chi connectivity index (χ3n) is 3.31. The first kappa shape index (κ1) is 27.5. The fourth-order valence-corrected chi connectivity index (χ4v) is 1.87. The first-order valence-corrected chi connectivity index (χ1v) is 5.96. The van der Waals surface area contributed by atoms with Gasteiger partial charge in [-0.15, -0.1) is 13.1 Å². The summed E-state index contributed by atoms with van der Waals surface area (Å²) < 4.78 is 0. The van der Waals surface area contributed by atoms with E-state index < -0.39 is 0 Å². The molecule has 0 spiro atoms. The molecule has 0 aliphatic carbocycles. The Balaban J connectivity index is -0.000000102. The van der Waals surface area contributed by atoms with Gasteiger partial charge in [-0.2, -0.15) is 28.3 Å². The summed E-state index contributed by atoms with van der Waals surface area (Å²) in [5, 5.41) is 4.18. The van der Waals surface area contributed by atoms with Crippen molar-refractivity contribution in [2.45, 2.75) is 47.0 Å². The van der Waals surface area contributed by atoms with Crippen LogP contribution in [-0.4, -0.2) is 13.1 Å². The minimum atomic E-state index is 0. The van der Waals surface area contributed by atoms with Crippen molar-refractivity contribution < 1.29 is 25.8 Å². The van der Waals surface area contributed by atoms with Crippen LogP contribution < -0.4 is 0 Å². The molecule has 1 saturated heterocycles. The first-order valence-electron chi connectivity index (χ1n) is 5.96. The molecule has 0 amide bonds. The molecular formula is C17H32HfN-5. The van der Waals surface area contributed by atoms with Crippen LogP contribution in [0.1, 0.15) is 41.5 Å². The van der Waals surface area contributed by atoms with Crippen LogP contribution in [0.2, 0.25) is 0 Å². The summed E-state index contributed by atoms with van der Waals surface area (Å²) in [7, 11) is 0. The van der Waals surface area contributed by atoms with Gasteiger partial charge in [-0.3, -0.25) is 0 Å². The Kier molecular flexibility index (Phi) is 21.1. The Labute approximate surface area is 141 Å². The average molecular weight is 429 g/mol. The van der Waals surface area contributed by atoms with Gasteiger partial charge in [0, 0.05) is 25.8 Å². The van der Waals surface area contributed by atoms with Crippen molar-refractivity contribution in [3.63, 3.8) is 0 Å². The molecule has 1 heterocycles.